The Morgan fingerprint density at radius 3 is 1.58 bits per heavy atom. The van der Waals surface area contributed by atoms with E-state index in [9.17, 15) is 4.79 Å². The summed E-state index contributed by atoms with van der Waals surface area (Å²) in [4.78, 5) is 14.8. The van der Waals surface area contributed by atoms with Crippen molar-refractivity contribution in [1.29, 1.82) is 0 Å². The quantitative estimate of drug-likeness (QED) is 0.782. The second kappa shape index (κ2) is 5.57. The van der Waals surface area contributed by atoms with E-state index in [1.54, 1.807) is 0 Å². The molecule has 19 heavy (non-hydrogen) atoms. The maximum atomic E-state index is 10.6. The molecule has 0 fully saturated rings. The molecular weight excluding hydrogens is 236 g/mol. The van der Waals surface area contributed by atoms with Gasteiger partial charge in [-0.25, -0.2) is 0 Å². The van der Waals surface area contributed by atoms with E-state index in [-0.39, 0.29) is 0 Å². The van der Waals surface area contributed by atoms with Crippen molar-refractivity contribution in [2.75, 3.05) is 30.9 Å². The first-order chi connectivity index (χ1) is 9.11. The number of rotatable bonds is 4. The average Bonchev–Trinajstić information content (AvgIpc) is 2.46. The Labute approximate surface area is 114 Å². The molecule has 0 saturated heterocycles. The molecule has 0 aliphatic carbocycles. The monoisotopic (exact) mass is 254 g/mol. The van der Waals surface area contributed by atoms with Crippen molar-refractivity contribution in [2.24, 2.45) is 0 Å². The summed E-state index contributed by atoms with van der Waals surface area (Å²) in [5.74, 6) is 0. The molecule has 0 spiro atoms. The zero-order chi connectivity index (χ0) is 13.8. The van der Waals surface area contributed by atoms with Crippen molar-refractivity contribution in [3.63, 3.8) is 0 Å². The zero-order valence-electron chi connectivity index (χ0n) is 11.5. The molecule has 0 atom stereocenters. The van der Waals surface area contributed by atoms with Gasteiger partial charge in [0.25, 0.3) is 0 Å². The van der Waals surface area contributed by atoms with Crippen LogP contribution in [0, 0.1) is 0 Å². The van der Waals surface area contributed by atoms with Crippen molar-refractivity contribution in [2.45, 2.75) is 0 Å². The molecule has 98 valence electrons. The second-order valence-electron chi connectivity index (χ2n) is 4.68. The van der Waals surface area contributed by atoms with Gasteiger partial charge in [0.05, 0.1) is 0 Å². The number of hydrogen-bond donors (Lipinski definition) is 0. The summed E-state index contributed by atoms with van der Waals surface area (Å²) in [6, 6.07) is 15.9. The Bertz CT molecular complexity index is 544. The lowest BCUT2D eigenvalue weighted by atomic mass is 10.2. The van der Waals surface area contributed by atoms with E-state index in [0.717, 1.165) is 17.7 Å². The predicted molar refractivity (Wildman–Crippen MR) is 80.7 cm³/mol. The third-order valence-corrected chi connectivity index (χ3v) is 3.17. The van der Waals surface area contributed by atoms with Crippen LogP contribution >= 0.6 is 0 Å². The van der Waals surface area contributed by atoms with Gasteiger partial charge in [-0.2, -0.15) is 0 Å². The molecule has 0 bridgehead atoms. The van der Waals surface area contributed by atoms with Gasteiger partial charge in [0.15, 0.2) is 0 Å². The Kier molecular flexibility index (Phi) is 3.85. The largest absolute Gasteiger partial charge is 0.378 e. The molecule has 0 aliphatic rings. The van der Waals surface area contributed by atoms with Gasteiger partial charge in [0.1, 0.15) is 6.29 Å². The van der Waals surface area contributed by atoms with Crippen LogP contribution in [0.3, 0.4) is 0 Å². The summed E-state index contributed by atoms with van der Waals surface area (Å²) < 4.78 is 0. The summed E-state index contributed by atoms with van der Waals surface area (Å²) in [6.45, 7) is 0. The van der Waals surface area contributed by atoms with Crippen LogP contribution < -0.4 is 9.80 Å². The number of aldehydes is 1. The molecule has 0 aromatic heterocycles. The molecule has 2 rings (SSSR count). The molecule has 0 N–H and O–H groups in total. The smallest absolute Gasteiger partial charge is 0.150 e. The molecule has 2 aromatic rings. The lowest BCUT2D eigenvalue weighted by Gasteiger charge is -2.21. The molecule has 3 heteroatoms. The molecule has 3 nitrogen and oxygen atoms in total. The van der Waals surface area contributed by atoms with E-state index >= 15 is 0 Å². The predicted octanol–water partition coefficient (Wildman–Crippen LogP) is 3.33. The molecule has 0 radical (unpaired) electrons. The van der Waals surface area contributed by atoms with Crippen LogP contribution in [0.1, 0.15) is 10.4 Å². The highest BCUT2D eigenvalue weighted by Gasteiger charge is 2.04. The van der Waals surface area contributed by atoms with Crippen LogP contribution in [0.4, 0.5) is 17.1 Å². The molecule has 0 unspecified atom stereocenters. The van der Waals surface area contributed by atoms with Gasteiger partial charge in [-0.05, 0) is 48.5 Å². The third kappa shape index (κ3) is 2.94. The Morgan fingerprint density at radius 2 is 1.16 bits per heavy atom. The Balaban J connectivity index is 2.22. The van der Waals surface area contributed by atoms with E-state index in [4.69, 9.17) is 0 Å². The van der Waals surface area contributed by atoms with E-state index in [2.05, 4.69) is 34.1 Å². The highest BCUT2D eigenvalue weighted by atomic mass is 16.1. The van der Waals surface area contributed by atoms with Crippen molar-refractivity contribution in [3.8, 4) is 0 Å². The van der Waals surface area contributed by atoms with Gasteiger partial charge in [0, 0.05) is 43.8 Å². The SMILES string of the molecule is CN(C)c1ccc(N(C)c2ccc(C=O)cc2)cc1. The van der Waals surface area contributed by atoms with Gasteiger partial charge in [0.2, 0.25) is 0 Å². The minimum absolute atomic E-state index is 0.695. The number of carbonyl (C=O) groups is 1. The molecule has 0 aliphatic heterocycles. The molecular formula is C16H18N2O. The van der Waals surface area contributed by atoms with Crippen LogP contribution in [-0.4, -0.2) is 27.4 Å². The summed E-state index contributed by atoms with van der Waals surface area (Å²) in [6.07, 6.45) is 0.857. The van der Waals surface area contributed by atoms with Crippen molar-refractivity contribution < 1.29 is 4.79 Å². The van der Waals surface area contributed by atoms with Gasteiger partial charge >= 0.3 is 0 Å². The summed E-state index contributed by atoms with van der Waals surface area (Å²) >= 11 is 0. The molecule has 2 aromatic carbocycles. The second-order valence-corrected chi connectivity index (χ2v) is 4.68. The topological polar surface area (TPSA) is 23.6 Å². The summed E-state index contributed by atoms with van der Waals surface area (Å²) in [5.41, 5.74) is 4.04. The third-order valence-electron chi connectivity index (χ3n) is 3.17. The average molecular weight is 254 g/mol. The molecule has 0 heterocycles. The number of nitrogens with zero attached hydrogens (tertiary/aromatic N) is 2. The highest BCUT2D eigenvalue weighted by Crippen LogP contribution is 2.25. The Morgan fingerprint density at radius 1 is 0.737 bits per heavy atom. The van der Waals surface area contributed by atoms with E-state index < -0.39 is 0 Å². The van der Waals surface area contributed by atoms with Crippen molar-refractivity contribution in [1.82, 2.24) is 0 Å². The van der Waals surface area contributed by atoms with Crippen LogP contribution in [0.15, 0.2) is 48.5 Å². The van der Waals surface area contributed by atoms with Crippen molar-refractivity contribution >= 4 is 23.3 Å². The standard InChI is InChI=1S/C16H18N2O/c1-17(2)14-8-10-16(11-9-14)18(3)15-6-4-13(12-19)5-7-15/h4-12H,1-3H3. The normalized spacial score (nSPS) is 10.1. The number of anilines is 3. The number of carbonyl (C=O) groups excluding carboxylic acids is 1. The first-order valence-electron chi connectivity index (χ1n) is 6.18. The van der Waals surface area contributed by atoms with Gasteiger partial charge in [-0.15, -0.1) is 0 Å². The minimum Gasteiger partial charge on any atom is -0.378 e. The minimum atomic E-state index is 0.695. The maximum Gasteiger partial charge on any atom is 0.150 e. The van der Waals surface area contributed by atoms with Gasteiger partial charge < -0.3 is 9.80 Å². The lowest BCUT2D eigenvalue weighted by molar-refractivity contribution is 0.112. The number of hydrogen-bond acceptors (Lipinski definition) is 3. The lowest BCUT2D eigenvalue weighted by Crippen LogP contribution is -2.11. The molecule has 0 saturated carbocycles. The number of benzene rings is 2. The van der Waals surface area contributed by atoms with E-state index in [1.165, 1.54) is 5.69 Å². The maximum absolute atomic E-state index is 10.6. The van der Waals surface area contributed by atoms with Gasteiger partial charge in [-0.1, -0.05) is 0 Å². The fraction of sp³-hybridized carbons (Fsp3) is 0.188. The highest BCUT2D eigenvalue weighted by molar-refractivity contribution is 5.76. The van der Waals surface area contributed by atoms with E-state index in [1.807, 2.05) is 45.4 Å². The summed E-state index contributed by atoms with van der Waals surface area (Å²) in [7, 11) is 6.06. The molecule has 0 amide bonds. The first kappa shape index (κ1) is 13.1. The Hall–Kier alpha value is -2.29. The van der Waals surface area contributed by atoms with Crippen LogP contribution in [0.2, 0.25) is 0 Å². The van der Waals surface area contributed by atoms with Crippen LogP contribution in [0.5, 0.6) is 0 Å². The fourth-order valence-corrected chi connectivity index (χ4v) is 1.90. The zero-order valence-corrected chi connectivity index (χ0v) is 11.5. The first-order valence-corrected chi connectivity index (χ1v) is 6.18. The van der Waals surface area contributed by atoms with Crippen LogP contribution in [0.25, 0.3) is 0 Å². The van der Waals surface area contributed by atoms with Gasteiger partial charge in [-0.3, -0.25) is 4.79 Å². The van der Waals surface area contributed by atoms with E-state index in [0.29, 0.717) is 5.56 Å². The fourth-order valence-electron chi connectivity index (χ4n) is 1.90. The van der Waals surface area contributed by atoms with Crippen LogP contribution in [-0.2, 0) is 0 Å². The summed E-state index contributed by atoms with van der Waals surface area (Å²) in [5, 5.41) is 0. The van der Waals surface area contributed by atoms with Crippen molar-refractivity contribution in [3.05, 3.63) is 54.1 Å².